The van der Waals surface area contributed by atoms with Gasteiger partial charge in [-0.05, 0) is 24.3 Å². The van der Waals surface area contributed by atoms with E-state index in [-0.39, 0.29) is 39.7 Å². The van der Waals surface area contributed by atoms with E-state index in [0.29, 0.717) is 0 Å². The standard InChI is InChI=1S/C19H13ClF4N4O3S/c20-11-5-3-6-12(21)16(11)17(30)25-8-15-27-28-18(31-15)32-9-14(29)26-13-7-2-1-4-10(13)19(22,23)24/h1-7H,8-9H2,(H,25,30)(H,26,29). The first-order valence-electron chi connectivity index (χ1n) is 8.78. The molecule has 0 unspecified atom stereocenters. The summed E-state index contributed by atoms with van der Waals surface area (Å²) >= 11 is 6.61. The molecule has 3 aromatic rings. The number of para-hydroxylation sites is 1. The summed E-state index contributed by atoms with van der Waals surface area (Å²) in [7, 11) is 0. The van der Waals surface area contributed by atoms with Crippen molar-refractivity contribution >= 4 is 40.9 Å². The SMILES string of the molecule is O=C(CSc1nnc(CNC(=O)c2c(F)cccc2Cl)o1)Nc1ccccc1C(F)(F)F. The van der Waals surface area contributed by atoms with Gasteiger partial charge in [0, 0.05) is 0 Å². The first-order chi connectivity index (χ1) is 15.1. The maximum atomic E-state index is 13.8. The lowest BCUT2D eigenvalue weighted by Gasteiger charge is -2.13. The smallest absolute Gasteiger partial charge is 0.414 e. The van der Waals surface area contributed by atoms with Gasteiger partial charge in [0.1, 0.15) is 5.82 Å². The Morgan fingerprint density at radius 1 is 1.09 bits per heavy atom. The first kappa shape index (κ1) is 23.5. The fourth-order valence-electron chi connectivity index (χ4n) is 2.48. The van der Waals surface area contributed by atoms with Crippen LogP contribution in [0.25, 0.3) is 0 Å². The van der Waals surface area contributed by atoms with Crippen molar-refractivity contribution in [2.45, 2.75) is 17.9 Å². The highest BCUT2D eigenvalue weighted by atomic mass is 35.5. The van der Waals surface area contributed by atoms with E-state index in [0.717, 1.165) is 30.0 Å². The second-order valence-electron chi connectivity index (χ2n) is 6.12. The van der Waals surface area contributed by atoms with Gasteiger partial charge >= 0.3 is 6.18 Å². The maximum absolute atomic E-state index is 13.8. The number of alkyl halides is 3. The largest absolute Gasteiger partial charge is 0.418 e. The third-order valence-corrected chi connectivity index (χ3v) is 5.01. The zero-order valence-electron chi connectivity index (χ0n) is 15.9. The van der Waals surface area contributed by atoms with Crippen molar-refractivity contribution in [3.63, 3.8) is 0 Å². The van der Waals surface area contributed by atoms with Gasteiger partial charge in [0.15, 0.2) is 0 Å². The van der Waals surface area contributed by atoms with Crippen molar-refractivity contribution in [1.82, 2.24) is 15.5 Å². The lowest BCUT2D eigenvalue weighted by atomic mass is 10.1. The van der Waals surface area contributed by atoms with Gasteiger partial charge in [0.2, 0.25) is 11.8 Å². The molecular formula is C19H13ClF4N4O3S. The number of carbonyl (C=O) groups is 2. The molecular weight excluding hydrogens is 476 g/mol. The predicted octanol–water partition coefficient (Wildman–Crippen LogP) is 4.54. The van der Waals surface area contributed by atoms with E-state index in [1.807, 2.05) is 0 Å². The van der Waals surface area contributed by atoms with E-state index < -0.39 is 29.4 Å². The lowest BCUT2D eigenvalue weighted by molar-refractivity contribution is -0.137. The summed E-state index contributed by atoms with van der Waals surface area (Å²) in [4.78, 5) is 24.1. The van der Waals surface area contributed by atoms with Gasteiger partial charge in [-0.3, -0.25) is 9.59 Å². The van der Waals surface area contributed by atoms with Gasteiger partial charge in [-0.15, -0.1) is 10.2 Å². The molecule has 0 bridgehead atoms. The molecule has 0 radical (unpaired) electrons. The van der Waals surface area contributed by atoms with Gasteiger partial charge in [0.25, 0.3) is 11.1 Å². The highest BCUT2D eigenvalue weighted by molar-refractivity contribution is 7.99. The third kappa shape index (κ3) is 5.98. The second-order valence-corrected chi connectivity index (χ2v) is 7.46. The fraction of sp³-hybridized carbons (Fsp3) is 0.158. The summed E-state index contributed by atoms with van der Waals surface area (Å²) in [5.41, 5.74) is -1.67. The minimum absolute atomic E-state index is 0.0314. The Labute approximate surface area is 187 Å². The summed E-state index contributed by atoms with van der Waals surface area (Å²) in [6.07, 6.45) is -4.62. The number of hydrogen-bond acceptors (Lipinski definition) is 6. The van der Waals surface area contributed by atoms with Gasteiger partial charge in [-0.1, -0.05) is 41.6 Å². The van der Waals surface area contributed by atoms with Crippen LogP contribution in [0.2, 0.25) is 5.02 Å². The summed E-state index contributed by atoms with van der Waals surface area (Å²) in [5.74, 6) is -2.63. The number of rotatable bonds is 7. The normalized spacial score (nSPS) is 11.3. The molecule has 3 rings (SSSR count). The van der Waals surface area contributed by atoms with Crippen molar-refractivity contribution in [2.24, 2.45) is 0 Å². The Balaban J connectivity index is 1.53. The van der Waals surface area contributed by atoms with Crippen LogP contribution in [0.15, 0.2) is 52.1 Å². The highest BCUT2D eigenvalue weighted by Crippen LogP contribution is 2.34. The minimum atomic E-state index is -4.62. The van der Waals surface area contributed by atoms with Crippen molar-refractivity contribution in [2.75, 3.05) is 11.1 Å². The Bertz CT molecular complexity index is 1120. The molecule has 1 heterocycles. The molecule has 2 aromatic carbocycles. The predicted molar refractivity (Wildman–Crippen MR) is 108 cm³/mol. The molecule has 0 aliphatic heterocycles. The van der Waals surface area contributed by atoms with Crippen molar-refractivity contribution in [3.8, 4) is 0 Å². The van der Waals surface area contributed by atoms with E-state index >= 15 is 0 Å². The Morgan fingerprint density at radius 2 is 1.84 bits per heavy atom. The molecule has 2 N–H and O–H groups in total. The summed E-state index contributed by atoms with van der Waals surface area (Å²) in [5, 5.41) is 11.8. The number of nitrogens with one attached hydrogen (secondary N) is 2. The van der Waals surface area contributed by atoms with Crippen LogP contribution in [0.4, 0.5) is 23.2 Å². The number of halogens is 5. The van der Waals surface area contributed by atoms with Crippen LogP contribution < -0.4 is 10.6 Å². The van der Waals surface area contributed by atoms with E-state index in [4.69, 9.17) is 16.0 Å². The monoisotopic (exact) mass is 488 g/mol. The Morgan fingerprint density at radius 3 is 2.56 bits per heavy atom. The van der Waals surface area contributed by atoms with Crippen LogP contribution >= 0.6 is 23.4 Å². The molecule has 7 nitrogen and oxygen atoms in total. The van der Waals surface area contributed by atoms with Gasteiger partial charge in [0.05, 0.1) is 34.1 Å². The van der Waals surface area contributed by atoms with E-state index in [1.54, 1.807) is 0 Å². The second kappa shape index (κ2) is 10.0. The zero-order valence-corrected chi connectivity index (χ0v) is 17.4. The van der Waals surface area contributed by atoms with Gasteiger partial charge in [-0.25, -0.2) is 4.39 Å². The molecule has 1 aromatic heterocycles. The molecule has 0 saturated carbocycles. The first-order valence-corrected chi connectivity index (χ1v) is 10.1. The molecule has 0 saturated heterocycles. The van der Waals surface area contributed by atoms with E-state index in [1.165, 1.54) is 24.3 Å². The summed E-state index contributed by atoms with van der Waals surface area (Å²) < 4.78 is 58.0. The lowest BCUT2D eigenvalue weighted by Crippen LogP contribution is -2.24. The van der Waals surface area contributed by atoms with Gasteiger partial charge in [-0.2, -0.15) is 13.2 Å². The average molecular weight is 489 g/mol. The van der Waals surface area contributed by atoms with Crippen LogP contribution in [-0.4, -0.2) is 27.8 Å². The molecule has 0 atom stereocenters. The quantitative estimate of drug-likeness (QED) is 0.374. The number of aromatic nitrogens is 2. The summed E-state index contributed by atoms with van der Waals surface area (Å²) in [6.45, 7) is -0.234. The number of amides is 2. The topological polar surface area (TPSA) is 97.1 Å². The molecule has 32 heavy (non-hydrogen) atoms. The number of nitrogens with zero attached hydrogens (tertiary/aromatic N) is 2. The molecule has 0 aliphatic rings. The zero-order chi connectivity index (χ0) is 23.3. The van der Waals surface area contributed by atoms with Crippen LogP contribution in [-0.2, 0) is 17.5 Å². The molecule has 2 amide bonds. The van der Waals surface area contributed by atoms with E-state index in [2.05, 4.69) is 20.8 Å². The number of hydrogen-bond donors (Lipinski definition) is 2. The van der Waals surface area contributed by atoms with Crippen LogP contribution in [0.1, 0.15) is 21.8 Å². The number of thioether (sulfide) groups is 1. The molecule has 0 fully saturated rings. The minimum Gasteiger partial charge on any atom is -0.414 e. The van der Waals surface area contributed by atoms with Gasteiger partial charge < -0.3 is 15.1 Å². The van der Waals surface area contributed by atoms with Crippen LogP contribution in [0, 0.1) is 5.82 Å². The molecule has 13 heteroatoms. The van der Waals surface area contributed by atoms with Crippen LogP contribution in [0.3, 0.4) is 0 Å². The highest BCUT2D eigenvalue weighted by Gasteiger charge is 2.33. The summed E-state index contributed by atoms with van der Waals surface area (Å²) in [6, 6.07) is 8.38. The fourth-order valence-corrected chi connectivity index (χ4v) is 3.31. The van der Waals surface area contributed by atoms with Crippen molar-refractivity contribution in [1.29, 1.82) is 0 Å². The number of anilines is 1. The average Bonchev–Trinajstić information content (AvgIpc) is 3.18. The molecule has 0 aliphatic carbocycles. The number of carbonyl (C=O) groups excluding carboxylic acids is 2. The third-order valence-electron chi connectivity index (χ3n) is 3.87. The van der Waals surface area contributed by atoms with E-state index in [9.17, 15) is 27.2 Å². The van der Waals surface area contributed by atoms with Crippen molar-refractivity contribution in [3.05, 3.63) is 70.3 Å². The van der Waals surface area contributed by atoms with Crippen molar-refractivity contribution < 1.29 is 31.6 Å². The maximum Gasteiger partial charge on any atom is 0.418 e. The Kier molecular flexibility index (Phi) is 7.36. The molecule has 168 valence electrons. The molecule has 0 spiro atoms. The number of benzene rings is 2. The van der Waals surface area contributed by atoms with Crippen LogP contribution in [0.5, 0.6) is 0 Å². The Hall–Kier alpha value is -3.12.